The largest absolute Gasteiger partial charge is 0.397 e. The maximum Gasteiger partial charge on any atom is 0.128 e. The summed E-state index contributed by atoms with van der Waals surface area (Å²) in [5.41, 5.74) is 7.44. The van der Waals surface area contributed by atoms with E-state index in [9.17, 15) is 4.39 Å². The monoisotopic (exact) mass is 226 g/mol. The van der Waals surface area contributed by atoms with E-state index >= 15 is 0 Å². The van der Waals surface area contributed by atoms with Crippen LogP contribution in [0.1, 0.15) is 18.9 Å². The van der Waals surface area contributed by atoms with Gasteiger partial charge in [0, 0.05) is 13.2 Å². The van der Waals surface area contributed by atoms with E-state index in [2.05, 4.69) is 5.32 Å². The molecule has 16 heavy (non-hydrogen) atoms. The maximum atomic E-state index is 13.1. The highest BCUT2D eigenvalue weighted by Gasteiger charge is 2.06. The molecule has 3 nitrogen and oxygen atoms in total. The predicted molar refractivity (Wildman–Crippen MR) is 64.9 cm³/mol. The maximum absolute atomic E-state index is 13.1. The van der Waals surface area contributed by atoms with Crippen LogP contribution in [0.15, 0.2) is 12.1 Å². The Labute approximate surface area is 95.5 Å². The average Bonchev–Trinajstić information content (AvgIpc) is 2.22. The lowest BCUT2D eigenvalue weighted by atomic mass is 10.1. The first kappa shape index (κ1) is 12.8. The van der Waals surface area contributed by atoms with Gasteiger partial charge < -0.3 is 16.2 Å². The van der Waals surface area contributed by atoms with Crippen LogP contribution in [0.4, 0.5) is 15.8 Å². The Morgan fingerprint density at radius 2 is 2.19 bits per heavy atom. The van der Waals surface area contributed by atoms with Crippen molar-refractivity contribution in [1.29, 1.82) is 0 Å². The minimum absolute atomic E-state index is 0.181. The van der Waals surface area contributed by atoms with Crippen molar-refractivity contribution in [2.45, 2.75) is 20.3 Å². The fourth-order valence-electron chi connectivity index (χ4n) is 1.46. The average molecular weight is 226 g/mol. The lowest BCUT2D eigenvalue weighted by molar-refractivity contribution is 0.266. The van der Waals surface area contributed by atoms with E-state index in [4.69, 9.17) is 10.8 Å². The summed E-state index contributed by atoms with van der Waals surface area (Å²) in [6.45, 7) is 4.64. The number of benzene rings is 1. The number of halogens is 1. The van der Waals surface area contributed by atoms with Gasteiger partial charge in [0.15, 0.2) is 0 Å². The number of nitrogens with two attached hydrogens (primary N) is 1. The SMILES string of the molecule is Cc1cc(NCC(C)CCO)c(N)cc1F. The molecule has 90 valence electrons. The van der Waals surface area contributed by atoms with E-state index < -0.39 is 0 Å². The van der Waals surface area contributed by atoms with Crippen LogP contribution in [0.5, 0.6) is 0 Å². The fraction of sp³-hybridized carbons (Fsp3) is 0.500. The highest BCUT2D eigenvalue weighted by atomic mass is 19.1. The molecule has 0 aliphatic heterocycles. The molecule has 1 aromatic rings. The minimum atomic E-state index is -0.286. The molecule has 1 aromatic carbocycles. The van der Waals surface area contributed by atoms with Gasteiger partial charge in [-0.3, -0.25) is 0 Å². The molecule has 0 amide bonds. The number of hydrogen-bond acceptors (Lipinski definition) is 3. The zero-order valence-corrected chi connectivity index (χ0v) is 9.76. The molecule has 0 saturated carbocycles. The second-order valence-electron chi connectivity index (χ2n) is 4.19. The third-order valence-corrected chi connectivity index (χ3v) is 2.59. The molecule has 1 atom stereocenters. The van der Waals surface area contributed by atoms with Crippen LogP contribution in [0.25, 0.3) is 0 Å². The van der Waals surface area contributed by atoms with Gasteiger partial charge in [-0.1, -0.05) is 6.92 Å². The van der Waals surface area contributed by atoms with Gasteiger partial charge in [0.1, 0.15) is 5.82 Å². The Balaban J connectivity index is 2.63. The number of aliphatic hydroxyl groups is 1. The number of aryl methyl sites for hydroxylation is 1. The van der Waals surface area contributed by atoms with E-state index in [1.54, 1.807) is 13.0 Å². The lowest BCUT2D eigenvalue weighted by Crippen LogP contribution is -2.13. The summed E-state index contributed by atoms with van der Waals surface area (Å²) in [5.74, 6) is 0.0706. The topological polar surface area (TPSA) is 58.3 Å². The van der Waals surface area contributed by atoms with Crippen LogP contribution in [-0.2, 0) is 0 Å². The van der Waals surface area contributed by atoms with E-state index in [0.29, 0.717) is 17.2 Å². The Morgan fingerprint density at radius 3 is 2.81 bits per heavy atom. The van der Waals surface area contributed by atoms with Gasteiger partial charge in [-0.05, 0) is 37.0 Å². The van der Waals surface area contributed by atoms with Crippen LogP contribution < -0.4 is 11.1 Å². The van der Waals surface area contributed by atoms with Crippen LogP contribution in [0.3, 0.4) is 0 Å². The quantitative estimate of drug-likeness (QED) is 0.674. The van der Waals surface area contributed by atoms with Crippen LogP contribution >= 0.6 is 0 Å². The summed E-state index contributed by atoms with van der Waals surface area (Å²) in [5, 5.41) is 11.9. The second kappa shape index (κ2) is 5.70. The standard InChI is InChI=1S/C12H19FN2O/c1-8(3-4-16)7-15-12-5-9(2)10(13)6-11(12)14/h5-6,8,15-16H,3-4,7,14H2,1-2H3. The molecule has 1 unspecified atom stereocenters. The molecule has 1 rings (SSSR count). The van der Waals surface area contributed by atoms with Crippen molar-refractivity contribution in [3.63, 3.8) is 0 Å². The molecule has 4 N–H and O–H groups in total. The molecule has 0 heterocycles. The Hall–Kier alpha value is -1.29. The molecule has 0 spiro atoms. The van der Waals surface area contributed by atoms with Gasteiger partial charge in [0.2, 0.25) is 0 Å². The molecule has 0 aliphatic carbocycles. The number of nitrogen functional groups attached to an aromatic ring is 1. The van der Waals surface area contributed by atoms with Crippen molar-refractivity contribution in [3.05, 3.63) is 23.5 Å². The molecule has 4 heteroatoms. The van der Waals surface area contributed by atoms with E-state index in [1.807, 2.05) is 6.92 Å². The Bertz CT molecular complexity index is 355. The first-order valence-corrected chi connectivity index (χ1v) is 5.45. The molecule has 0 radical (unpaired) electrons. The summed E-state index contributed by atoms with van der Waals surface area (Å²) < 4.78 is 13.1. The van der Waals surface area contributed by atoms with Crippen molar-refractivity contribution < 1.29 is 9.50 Å². The number of hydrogen-bond donors (Lipinski definition) is 3. The summed E-state index contributed by atoms with van der Waals surface area (Å²) in [6.07, 6.45) is 0.743. The van der Waals surface area contributed by atoms with Crippen molar-refractivity contribution in [2.75, 3.05) is 24.2 Å². The summed E-state index contributed by atoms with van der Waals surface area (Å²) in [4.78, 5) is 0. The number of rotatable bonds is 5. The normalized spacial score (nSPS) is 12.5. The number of aliphatic hydroxyl groups excluding tert-OH is 1. The van der Waals surface area contributed by atoms with Gasteiger partial charge in [-0.2, -0.15) is 0 Å². The minimum Gasteiger partial charge on any atom is -0.397 e. The fourth-order valence-corrected chi connectivity index (χ4v) is 1.46. The van der Waals surface area contributed by atoms with Gasteiger partial charge >= 0.3 is 0 Å². The predicted octanol–water partition coefficient (Wildman–Crippen LogP) is 2.15. The zero-order valence-electron chi connectivity index (χ0n) is 9.76. The van der Waals surface area contributed by atoms with Gasteiger partial charge in [0.05, 0.1) is 11.4 Å². The Kier molecular flexibility index (Phi) is 4.55. The molecule has 0 fully saturated rings. The third-order valence-electron chi connectivity index (χ3n) is 2.59. The number of anilines is 2. The van der Waals surface area contributed by atoms with E-state index in [0.717, 1.165) is 18.7 Å². The molecule has 0 aromatic heterocycles. The smallest absolute Gasteiger partial charge is 0.128 e. The van der Waals surface area contributed by atoms with Crippen molar-refractivity contribution in [3.8, 4) is 0 Å². The van der Waals surface area contributed by atoms with Gasteiger partial charge in [0.25, 0.3) is 0 Å². The van der Waals surface area contributed by atoms with Crippen molar-refractivity contribution in [1.82, 2.24) is 0 Å². The highest BCUT2D eigenvalue weighted by molar-refractivity contribution is 5.67. The first-order chi connectivity index (χ1) is 7.54. The summed E-state index contributed by atoms with van der Waals surface area (Å²) in [6, 6.07) is 3.03. The molecular weight excluding hydrogens is 207 g/mol. The van der Waals surface area contributed by atoms with Crippen LogP contribution in [-0.4, -0.2) is 18.3 Å². The molecular formula is C12H19FN2O. The zero-order chi connectivity index (χ0) is 12.1. The number of nitrogens with one attached hydrogen (secondary N) is 1. The summed E-state index contributed by atoms with van der Waals surface area (Å²) in [7, 11) is 0. The first-order valence-electron chi connectivity index (χ1n) is 5.45. The van der Waals surface area contributed by atoms with Crippen LogP contribution in [0.2, 0.25) is 0 Å². The van der Waals surface area contributed by atoms with E-state index in [-0.39, 0.29) is 12.4 Å². The van der Waals surface area contributed by atoms with Gasteiger partial charge in [-0.25, -0.2) is 4.39 Å². The molecule has 0 bridgehead atoms. The van der Waals surface area contributed by atoms with Crippen LogP contribution in [0, 0.1) is 18.7 Å². The van der Waals surface area contributed by atoms with Crippen molar-refractivity contribution in [2.24, 2.45) is 5.92 Å². The molecule has 0 aliphatic rings. The second-order valence-corrected chi connectivity index (χ2v) is 4.19. The molecule has 0 saturated heterocycles. The lowest BCUT2D eigenvalue weighted by Gasteiger charge is -2.14. The highest BCUT2D eigenvalue weighted by Crippen LogP contribution is 2.22. The van der Waals surface area contributed by atoms with Crippen molar-refractivity contribution >= 4 is 11.4 Å². The van der Waals surface area contributed by atoms with Gasteiger partial charge in [-0.15, -0.1) is 0 Å². The van der Waals surface area contributed by atoms with E-state index in [1.165, 1.54) is 6.07 Å². The summed E-state index contributed by atoms with van der Waals surface area (Å²) >= 11 is 0. The Morgan fingerprint density at radius 1 is 1.50 bits per heavy atom. The third kappa shape index (κ3) is 3.38.